The number of terminal acetylenes is 1. The van der Waals surface area contributed by atoms with Gasteiger partial charge < -0.3 is 0 Å². The lowest BCUT2D eigenvalue weighted by molar-refractivity contribution is 0.814. The predicted octanol–water partition coefficient (Wildman–Crippen LogP) is 1.43. The van der Waals surface area contributed by atoms with Crippen LogP contribution in [0.15, 0.2) is 6.20 Å². The fraction of sp³-hybridized carbons (Fsp3) is 0.429. The van der Waals surface area contributed by atoms with Crippen LogP contribution in [0.4, 0.5) is 0 Å². The third-order valence-electron chi connectivity index (χ3n) is 1.27. The summed E-state index contributed by atoms with van der Waals surface area (Å²) in [7, 11) is 0. The van der Waals surface area contributed by atoms with Gasteiger partial charge in [0, 0.05) is 6.42 Å². The number of hydrogen-bond donors (Lipinski definition) is 0. The van der Waals surface area contributed by atoms with E-state index in [-0.39, 0.29) is 0 Å². The van der Waals surface area contributed by atoms with Crippen LogP contribution in [-0.4, -0.2) is 13.2 Å². The Kier molecular flexibility index (Phi) is 3.36. The second-order valence-corrected chi connectivity index (χ2v) is 3.14. The van der Waals surface area contributed by atoms with Crippen molar-refractivity contribution in [3.63, 3.8) is 0 Å². The number of unbranched alkanes of at least 4 members (excludes halogenated alkanes) is 1. The van der Waals surface area contributed by atoms with E-state index in [1.807, 2.05) is 6.20 Å². The van der Waals surface area contributed by atoms with Crippen molar-refractivity contribution in [2.24, 2.45) is 0 Å². The van der Waals surface area contributed by atoms with Gasteiger partial charge in [0.05, 0.1) is 34.8 Å². The van der Waals surface area contributed by atoms with E-state index < -0.39 is 0 Å². The zero-order chi connectivity index (χ0) is 8.10. The van der Waals surface area contributed by atoms with E-state index in [0.717, 1.165) is 25.0 Å². The van der Waals surface area contributed by atoms with E-state index in [1.54, 1.807) is 2.90 Å². The van der Waals surface area contributed by atoms with Crippen LogP contribution in [-0.2, 0) is 6.42 Å². The minimum atomic E-state index is 0.814. The van der Waals surface area contributed by atoms with E-state index >= 15 is 0 Å². The van der Waals surface area contributed by atoms with Crippen LogP contribution in [0.1, 0.15) is 18.5 Å². The number of nitrogens with zero attached hydrogens (tertiary/aromatic N) is 3. The molecule has 3 nitrogen and oxygen atoms in total. The van der Waals surface area contributed by atoms with Crippen LogP contribution < -0.4 is 0 Å². The molecule has 58 valence electrons. The first-order valence-corrected chi connectivity index (χ1v) is 4.30. The van der Waals surface area contributed by atoms with E-state index in [1.165, 1.54) is 0 Å². The molecule has 0 amide bonds. The summed E-state index contributed by atoms with van der Waals surface area (Å²) in [5.41, 5.74) is 1.01. The Bertz CT molecular complexity index is 261. The number of rotatable bonds is 3. The molecule has 0 saturated carbocycles. The summed E-state index contributed by atoms with van der Waals surface area (Å²) in [4.78, 5) is 0. The monoisotopic (exact) mass is 261 g/mol. The maximum absolute atomic E-state index is 5.11. The lowest BCUT2D eigenvalue weighted by Gasteiger charge is -1.88. The van der Waals surface area contributed by atoms with Crippen molar-refractivity contribution < 1.29 is 0 Å². The minimum absolute atomic E-state index is 0.814. The van der Waals surface area contributed by atoms with Gasteiger partial charge in [-0.2, -0.15) is 2.90 Å². The maximum Gasteiger partial charge on any atom is 0.0863 e. The SMILES string of the molecule is C#CCCCc1cn(I)nn1. The summed E-state index contributed by atoms with van der Waals surface area (Å²) in [5.74, 6) is 2.59. The Balaban J connectivity index is 2.34. The second kappa shape index (κ2) is 4.34. The third-order valence-corrected chi connectivity index (χ3v) is 1.74. The van der Waals surface area contributed by atoms with Crippen LogP contribution in [0.3, 0.4) is 0 Å². The molecule has 0 aliphatic carbocycles. The molecule has 11 heavy (non-hydrogen) atoms. The normalized spacial score (nSPS) is 9.45. The van der Waals surface area contributed by atoms with Gasteiger partial charge in [0.15, 0.2) is 0 Å². The van der Waals surface area contributed by atoms with E-state index in [0.29, 0.717) is 0 Å². The fourth-order valence-electron chi connectivity index (χ4n) is 0.761. The van der Waals surface area contributed by atoms with E-state index in [2.05, 4.69) is 39.1 Å². The second-order valence-electron chi connectivity index (χ2n) is 2.16. The quantitative estimate of drug-likeness (QED) is 0.468. The van der Waals surface area contributed by atoms with Crippen molar-refractivity contribution in [3.05, 3.63) is 11.9 Å². The lowest BCUT2D eigenvalue weighted by Crippen LogP contribution is -1.83. The van der Waals surface area contributed by atoms with Crippen molar-refractivity contribution in [2.75, 3.05) is 0 Å². The molecule has 0 atom stereocenters. The van der Waals surface area contributed by atoms with Gasteiger partial charge in [0.1, 0.15) is 0 Å². The fourth-order valence-corrected chi connectivity index (χ4v) is 1.18. The third kappa shape index (κ3) is 2.89. The van der Waals surface area contributed by atoms with E-state index in [9.17, 15) is 0 Å². The Morgan fingerprint density at radius 1 is 1.73 bits per heavy atom. The molecule has 0 aliphatic heterocycles. The first-order valence-electron chi connectivity index (χ1n) is 3.34. The molecule has 0 saturated heterocycles. The lowest BCUT2D eigenvalue weighted by atomic mass is 10.2. The van der Waals surface area contributed by atoms with Gasteiger partial charge in [-0.05, 0) is 12.8 Å². The molecule has 1 heterocycles. The summed E-state index contributed by atoms with van der Waals surface area (Å²) in [6.45, 7) is 0. The molecular formula is C7H8IN3. The zero-order valence-corrected chi connectivity index (χ0v) is 8.15. The summed E-state index contributed by atoms with van der Waals surface area (Å²) < 4.78 is 1.67. The van der Waals surface area contributed by atoms with Gasteiger partial charge in [-0.3, -0.25) is 0 Å². The van der Waals surface area contributed by atoms with Gasteiger partial charge in [0.2, 0.25) is 0 Å². The van der Waals surface area contributed by atoms with Crippen LogP contribution in [0.2, 0.25) is 0 Å². The first kappa shape index (κ1) is 8.53. The highest BCUT2D eigenvalue weighted by atomic mass is 127. The Hall–Kier alpha value is -0.570. The molecule has 0 spiro atoms. The molecule has 0 aliphatic rings. The predicted molar refractivity (Wildman–Crippen MR) is 51.2 cm³/mol. The number of aryl methyl sites for hydroxylation is 1. The molecular weight excluding hydrogens is 253 g/mol. The first-order chi connectivity index (χ1) is 5.33. The molecule has 4 heteroatoms. The molecule has 0 aromatic carbocycles. The molecule has 1 rings (SSSR count). The van der Waals surface area contributed by atoms with Gasteiger partial charge in [-0.25, -0.2) is 0 Å². The average Bonchev–Trinajstić information content (AvgIpc) is 2.37. The van der Waals surface area contributed by atoms with Gasteiger partial charge in [-0.15, -0.1) is 17.4 Å². The minimum Gasteiger partial charge on any atom is -0.191 e. The highest BCUT2D eigenvalue weighted by molar-refractivity contribution is 14.1. The molecule has 0 bridgehead atoms. The van der Waals surface area contributed by atoms with Crippen molar-refractivity contribution in [1.29, 1.82) is 0 Å². The van der Waals surface area contributed by atoms with Crippen molar-refractivity contribution in [2.45, 2.75) is 19.3 Å². The largest absolute Gasteiger partial charge is 0.191 e. The number of aromatic nitrogens is 3. The summed E-state index contributed by atoms with van der Waals surface area (Å²) in [6.07, 6.45) is 9.73. The molecule has 0 fully saturated rings. The Morgan fingerprint density at radius 2 is 2.55 bits per heavy atom. The smallest absolute Gasteiger partial charge is 0.0863 e. The van der Waals surface area contributed by atoms with Crippen LogP contribution in [0, 0.1) is 12.3 Å². The van der Waals surface area contributed by atoms with Crippen LogP contribution >= 0.6 is 22.9 Å². The molecule has 0 N–H and O–H groups in total. The highest BCUT2D eigenvalue weighted by Gasteiger charge is 1.96. The van der Waals surface area contributed by atoms with Gasteiger partial charge >= 0.3 is 0 Å². The van der Waals surface area contributed by atoms with Crippen LogP contribution in [0.25, 0.3) is 0 Å². The molecule has 1 aromatic heterocycles. The zero-order valence-electron chi connectivity index (χ0n) is 6.00. The van der Waals surface area contributed by atoms with Gasteiger partial charge in [0.25, 0.3) is 0 Å². The average molecular weight is 261 g/mol. The molecule has 0 radical (unpaired) electrons. The topological polar surface area (TPSA) is 30.7 Å². The standard InChI is InChI=1S/C7H8IN3/c1-2-3-4-5-7-6-11(8)10-9-7/h1,6H,3-5H2. The summed E-state index contributed by atoms with van der Waals surface area (Å²) in [5, 5.41) is 7.72. The molecule has 1 aromatic rings. The number of hydrogen-bond acceptors (Lipinski definition) is 2. The van der Waals surface area contributed by atoms with Crippen molar-refractivity contribution in [1.82, 2.24) is 13.2 Å². The van der Waals surface area contributed by atoms with Crippen LogP contribution in [0.5, 0.6) is 0 Å². The maximum atomic E-state index is 5.11. The number of halogens is 1. The van der Waals surface area contributed by atoms with Crippen molar-refractivity contribution >= 4 is 22.9 Å². The van der Waals surface area contributed by atoms with Crippen molar-refractivity contribution in [3.8, 4) is 12.3 Å². The molecule has 0 unspecified atom stereocenters. The Labute approximate surface area is 79.7 Å². The summed E-state index contributed by atoms with van der Waals surface area (Å²) >= 11 is 2.06. The Morgan fingerprint density at radius 3 is 3.09 bits per heavy atom. The van der Waals surface area contributed by atoms with E-state index in [4.69, 9.17) is 6.42 Å². The highest BCUT2D eigenvalue weighted by Crippen LogP contribution is 2.01. The summed E-state index contributed by atoms with van der Waals surface area (Å²) in [6, 6.07) is 0. The van der Waals surface area contributed by atoms with Gasteiger partial charge in [-0.1, -0.05) is 5.21 Å².